The molecule has 2 rings (SSSR count). The average Bonchev–Trinajstić information content (AvgIpc) is 2.67. The molecule has 1 aliphatic rings. The fourth-order valence-electron chi connectivity index (χ4n) is 2.77. The SMILES string of the molecule is CCOCCCN=C(Nc1ccc(C(=O)O)cc1)N1CCN(C(C)=O)CC1. The maximum atomic E-state index is 11.5. The van der Waals surface area contributed by atoms with Gasteiger partial charge in [-0.1, -0.05) is 0 Å². The molecule has 1 saturated heterocycles. The molecule has 1 heterocycles. The molecule has 0 aliphatic carbocycles. The average molecular weight is 376 g/mol. The number of carboxylic acids is 1. The molecule has 148 valence electrons. The van der Waals surface area contributed by atoms with E-state index in [2.05, 4.69) is 15.2 Å². The third-order valence-corrected chi connectivity index (χ3v) is 4.33. The van der Waals surface area contributed by atoms with E-state index >= 15 is 0 Å². The van der Waals surface area contributed by atoms with Gasteiger partial charge in [-0.25, -0.2) is 4.79 Å². The highest BCUT2D eigenvalue weighted by Gasteiger charge is 2.21. The Kier molecular flexibility index (Phi) is 8.06. The number of hydrogen-bond donors (Lipinski definition) is 2. The quantitative estimate of drug-likeness (QED) is 0.428. The number of benzene rings is 1. The molecule has 0 aromatic heterocycles. The Hall–Kier alpha value is -2.61. The zero-order valence-corrected chi connectivity index (χ0v) is 16.0. The number of aromatic carboxylic acids is 1. The van der Waals surface area contributed by atoms with Crippen molar-refractivity contribution in [3.05, 3.63) is 29.8 Å². The number of carboxylic acid groups (broad SMARTS) is 1. The van der Waals surface area contributed by atoms with Crippen LogP contribution >= 0.6 is 0 Å². The van der Waals surface area contributed by atoms with Crippen molar-refractivity contribution in [1.29, 1.82) is 0 Å². The number of carbonyl (C=O) groups is 2. The molecule has 1 aromatic rings. The Morgan fingerprint density at radius 2 is 1.78 bits per heavy atom. The minimum Gasteiger partial charge on any atom is -0.478 e. The lowest BCUT2D eigenvalue weighted by Gasteiger charge is -2.36. The number of aliphatic imine (C=N–C) groups is 1. The van der Waals surface area contributed by atoms with Crippen molar-refractivity contribution >= 4 is 23.5 Å². The third-order valence-electron chi connectivity index (χ3n) is 4.33. The number of ether oxygens (including phenoxy) is 1. The summed E-state index contributed by atoms with van der Waals surface area (Å²) in [5, 5.41) is 12.3. The molecule has 0 radical (unpaired) electrons. The van der Waals surface area contributed by atoms with Crippen LogP contribution in [-0.4, -0.2) is 78.7 Å². The standard InChI is InChI=1S/C19H28N4O4/c1-3-27-14-4-9-20-19(23-12-10-22(11-13-23)15(2)24)21-17-7-5-16(6-8-17)18(25)26/h5-8H,3-4,9-14H2,1-2H3,(H,20,21)(H,25,26). The van der Waals surface area contributed by atoms with E-state index in [4.69, 9.17) is 9.84 Å². The molecular formula is C19H28N4O4. The molecule has 8 heteroatoms. The van der Waals surface area contributed by atoms with Crippen LogP contribution in [0.3, 0.4) is 0 Å². The second-order valence-electron chi connectivity index (χ2n) is 6.26. The number of carbonyl (C=O) groups excluding carboxylic acids is 1. The minimum atomic E-state index is -0.952. The molecule has 8 nitrogen and oxygen atoms in total. The number of hydrogen-bond acceptors (Lipinski definition) is 4. The van der Waals surface area contributed by atoms with Crippen LogP contribution in [0.1, 0.15) is 30.6 Å². The van der Waals surface area contributed by atoms with Gasteiger partial charge < -0.3 is 25.0 Å². The number of guanidine groups is 1. The van der Waals surface area contributed by atoms with Crippen LogP contribution in [0, 0.1) is 0 Å². The Morgan fingerprint density at radius 1 is 1.15 bits per heavy atom. The Morgan fingerprint density at radius 3 is 2.33 bits per heavy atom. The van der Waals surface area contributed by atoms with Gasteiger partial charge in [0.2, 0.25) is 5.91 Å². The third kappa shape index (κ3) is 6.56. The highest BCUT2D eigenvalue weighted by molar-refractivity contribution is 5.95. The van der Waals surface area contributed by atoms with Crippen molar-refractivity contribution in [2.45, 2.75) is 20.3 Å². The predicted octanol–water partition coefficient (Wildman–Crippen LogP) is 1.74. The molecule has 0 unspecified atom stereocenters. The number of nitrogens with one attached hydrogen (secondary N) is 1. The maximum Gasteiger partial charge on any atom is 0.335 e. The lowest BCUT2D eigenvalue weighted by atomic mass is 10.2. The zero-order chi connectivity index (χ0) is 19.6. The Labute approximate surface area is 159 Å². The molecule has 1 aromatic carbocycles. The number of amides is 1. The summed E-state index contributed by atoms with van der Waals surface area (Å²) >= 11 is 0. The first-order valence-electron chi connectivity index (χ1n) is 9.24. The minimum absolute atomic E-state index is 0.0853. The molecular weight excluding hydrogens is 348 g/mol. The van der Waals surface area contributed by atoms with Gasteiger partial charge in [-0.05, 0) is 37.6 Å². The lowest BCUT2D eigenvalue weighted by molar-refractivity contribution is -0.130. The highest BCUT2D eigenvalue weighted by atomic mass is 16.5. The molecule has 1 amide bonds. The van der Waals surface area contributed by atoms with Crippen LogP contribution in [0.4, 0.5) is 5.69 Å². The van der Waals surface area contributed by atoms with Gasteiger partial charge in [-0.3, -0.25) is 9.79 Å². The second-order valence-corrected chi connectivity index (χ2v) is 6.26. The molecule has 0 spiro atoms. The summed E-state index contributed by atoms with van der Waals surface area (Å²) in [6.45, 7) is 8.25. The van der Waals surface area contributed by atoms with Crippen molar-refractivity contribution in [3.63, 3.8) is 0 Å². The first-order valence-corrected chi connectivity index (χ1v) is 9.24. The monoisotopic (exact) mass is 376 g/mol. The highest BCUT2D eigenvalue weighted by Crippen LogP contribution is 2.12. The van der Waals surface area contributed by atoms with Gasteiger partial charge in [0.15, 0.2) is 5.96 Å². The largest absolute Gasteiger partial charge is 0.478 e. The summed E-state index contributed by atoms with van der Waals surface area (Å²) in [5.41, 5.74) is 1.02. The molecule has 1 fully saturated rings. The van der Waals surface area contributed by atoms with Crippen molar-refractivity contribution in [2.75, 3.05) is 51.3 Å². The summed E-state index contributed by atoms with van der Waals surface area (Å²) in [4.78, 5) is 31.1. The molecule has 27 heavy (non-hydrogen) atoms. The van der Waals surface area contributed by atoms with E-state index in [0.29, 0.717) is 45.9 Å². The number of anilines is 1. The van der Waals surface area contributed by atoms with Gasteiger partial charge in [-0.15, -0.1) is 0 Å². The van der Waals surface area contributed by atoms with E-state index in [1.807, 2.05) is 11.8 Å². The Balaban J connectivity index is 2.03. The summed E-state index contributed by atoms with van der Waals surface area (Å²) in [7, 11) is 0. The van der Waals surface area contributed by atoms with E-state index in [9.17, 15) is 9.59 Å². The van der Waals surface area contributed by atoms with Crippen LogP contribution in [0.15, 0.2) is 29.3 Å². The summed E-state index contributed by atoms with van der Waals surface area (Å²) in [6, 6.07) is 6.58. The van der Waals surface area contributed by atoms with Crippen LogP contribution < -0.4 is 5.32 Å². The van der Waals surface area contributed by atoms with E-state index < -0.39 is 5.97 Å². The van der Waals surface area contributed by atoms with E-state index in [1.54, 1.807) is 31.2 Å². The van der Waals surface area contributed by atoms with Gasteiger partial charge in [0.1, 0.15) is 0 Å². The van der Waals surface area contributed by atoms with Gasteiger partial charge >= 0.3 is 5.97 Å². The summed E-state index contributed by atoms with van der Waals surface area (Å²) in [5.74, 6) is -0.133. The number of nitrogens with zero attached hydrogens (tertiary/aromatic N) is 3. The normalized spacial score (nSPS) is 15.0. The van der Waals surface area contributed by atoms with E-state index in [0.717, 1.165) is 18.1 Å². The van der Waals surface area contributed by atoms with E-state index in [-0.39, 0.29) is 11.5 Å². The van der Waals surface area contributed by atoms with Gasteiger partial charge in [0.05, 0.1) is 5.56 Å². The smallest absolute Gasteiger partial charge is 0.335 e. The topological polar surface area (TPSA) is 94.5 Å². The first-order chi connectivity index (χ1) is 13.0. The lowest BCUT2D eigenvalue weighted by Crippen LogP contribution is -2.51. The van der Waals surface area contributed by atoms with E-state index in [1.165, 1.54) is 0 Å². The Bertz CT molecular complexity index is 652. The van der Waals surface area contributed by atoms with Crippen molar-refractivity contribution in [1.82, 2.24) is 9.80 Å². The number of rotatable bonds is 7. The maximum absolute atomic E-state index is 11.5. The van der Waals surface area contributed by atoms with Crippen molar-refractivity contribution in [2.24, 2.45) is 4.99 Å². The fraction of sp³-hybridized carbons (Fsp3) is 0.526. The van der Waals surface area contributed by atoms with Crippen molar-refractivity contribution < 1.29 is 19.4 Å². The van der Waals surface area contributed by atoms with Gasteiger partial charge in [-0.2, -0.15) is 0 Å². The van der Waals surface area contributed by atoms with Crippen LogP contribution in [0.5, 0.6) is 0 Å². The number of piperazine rings is 1. The van der Waals surface area contributed by atoms with Crippen molar-refractivity contribution in [3.8, 4) is 0 Å². The summed E-state index contributed by atoms with van der Waals surface area (Å²) < 4.78 is 5.35. The molecule has 1 aliphatic heterocycles. The van der Waals surface area contributed by atoms with Gasteiger partial charge in [0, 0.05) is 58.5 Å². The summed E-state index contributed by atoms with van der Waals surface area (Å²) in [6.07, 6.45) is 0.824. The second kappa shape index (κ2) is 10.5. The fourth-order valence-corrected chi connectivity index (χ4v) is 2.77. The zero-order valence-electron chi connectivity index (χ0n) is 16.0. The first kappa shape index (κ1) is 20.7. The van der Waals surface area contributed by atoms with Gasteiger partial charge in [0.25, 0.3) is 0 Å². The molecule has 2 N–H and O–H groups in total. The van der Waals surface area contributed by atoms with Crippen LogP contribution in [0.25, 0.3) is 0 Å². The van der Waals surface area contributed by atoms with Crippen LogP contribution in [0.2, 0.25) is 0 Å². The predicted molar refractivity (Wildman–Crippen MR) is 104 cm³/mol. The van der Waals surface area contributed by atoms with Crippen LogP contribution in [-0.2, 0) is 9.53 Å². The molecule has 0 atom stereocenters. The molecule has 0 bridgehead atoms. The molecule has 0 saturated carbocycles.